The average molecular weight is 1390 g/mol. The molecule has 0 spiro atoms. The summed E-state index contributed by atoms with van der Waals surface area (Å²) in [4.78, 5) is 140. The van der Waals surface area contributed by atoms with E-state index in [1.165, 1.54) is 146 Å². The zero-order valence-corrected chi connectivity index (χ0v) is 54.0. The maximum atomic E-state index is 14.6. The van der Waals surface area contributed by atoms with Crippen LogP contribution in [0.5, 0.6) is 0 Å². The predicted molar refractivity (Wildman–Crippen MR) is 342 cm³/mol. The largest absolute Gasteiger partial charge is 0.459 e. The Labute approximate surface area is 575 Å². The summed E-state index contributed by atoms with van der Waals surface area (Å²) in [7, 11) is 0. The fourth-order valence-electron chi connectivity index (χ4n) is 10.9. The quantitative estimate of drug-likeness (QED) is 0.0330. The Morgan fingerprint density at radius 1 is 0.310 bits per heavy atom. The Kier molecular flexibility index (Phi) is 25.0. The first-order valence-corrected chi connectivity index (χ1v) is 31.7. The monoisotopic (exact) mass is 1390 g/mol. The fourth-order valence-corrected chi connectivity index (χ4v) is 10.9. The van der Waals surface area contributed by atoms with Crippen LogP contribution in [0.3, 0.4) is 0 Å². The van der Waals surface area contributed by atoms with E-state index in [1.54, 1.807) is 66.7 Å². The molecule has 7 aromatic rings. The molecule has 0 saturated carbocycles. The zero-order valence-electron chi connectivity index (χ0n) is 53.2. The highest BCUT2D eigenvalue weighted by Gasteiger charge is 2.58. The molecule has 3 aliphatic rings. The second-order valence-electron chi connectivity index (χ2n) is 22.4. The first-order chi connectivity index (χ1) is 48.4. The van der Waals surface area contributed by atoms with Gasteiger partial charge in [0, 0.05) is 13.8 Å². The second-order valence-corrected chi connectivity index (χ2v) is 22.7. The van der Waals surface area contributed by atoms with E-state index in [1.807, 2.05) is 0 Å². The number of ether oxygens (including phenoxy) is 15. The van der Waals surface area contributed by atoms with Gasteiger partial charge in [0.25, 0.3) is 0 Å². The van der Waals surface area contributed by atoms with Crippen LogP contribution in [0, 0.1) is 0 Å². The lowest BCUT2D eigenvalue weighted by Gasteiger charge is -2.47. The van der Waals surface area contributed by atoms with Crippen molar-refractivity contribution in [3.05, 3.63) is 251 Å². The van der Waals surface area contributed by atoms with Crippen LogP contribution >= 0.6 is 11.6 Å². The van der Waals surface area contributed by atoms with Crippen LogP contribution in [0.1, 0.15) is 86.4 Å². The van der Waals surface area contributed by atoms with E-state index >= 15 is 0 Å². The molecule has 7 aromatic carbocycles. The molecule has 0 aliphatic carbocycles. The lowest BCUT2D eigenvalue weighted by molar-refractivity contribution is -0.339. The number of aliphatic hydroxyl groups excluding tert-OH is 1. The van der Waals surface area contributed by atoms with Gasteiger partial charge in [-0.3, -0.25) is 14.4 Å². The SMILES string of the molecule is CC(=O)O[C@@H]1[C@@H](OC[C@H]2O[C@H](OC[C@H]3O[C@H](O)[C@@H](OC(C)=O)[C@@H](OC(=O)c4ccccc4)[C@@H]3OC(=O)c3ccccc3)[C@@H](OC(=O)CCl)[C@@H](OC(=O)c3ccccc3)[C@@H]2OC(=O)c2ccccc2)O[C@H](COC(=O)c2ccccc2)[C@@H](OC(=O)c2ccccc2)[C@@H]1OC(=O)c1ccccc1. The summed E-state index contributed by atoms with van der Waals surface area (Å²) in [6.45, 7) is -0.696. The van der Waals surface area contributed by atoms with Gasteiger partial charge in [0.1, 0.15) is 30.8 Å². The first-order valence-electron chi connectivity index (χ1n) is 31.2. The minimum absolute atomic E-state index is 0.00499. The number of halogens is 1. The summed E-state index contributed by atoms with van der Waals surface area (Å²) in [6, 6.07) is 52.6. The van der Waals surface area contributed by atoms with Crippen LogP contribution in [0.2, 0.25) is 0 Å². The zero-order chi connectivity index (χ0) is 70.7. The lowest BCUT2D eigenvalue weighted by atomic mass is 9.96. The van der Waals surface area contributed by atoms with Crippen LogP contribution < -0.4 is 0 Å². The number of benzene rings is 7. The number of esters is 10. The summed E-state index contributed by atoms with van der Waals surface area (Å²) >= 11 is 6.12. The van der Waals surface area contributed by atoms with Crippen molar-refractivity contribution in [1.82, 2.24) is 0 Å². The molecule has 3 saturated heterocycles. The fraction of sp³-hybridized carbons (Fsp3) is 0.288. The molecule has 0 bridgehead atoms. The standard InChI is InChI=1S/C73H65ClO26/c1-42(75)89-61-58(98-68(82)48-32-18-7-19-33-48)55(95-65(79)45-26-12-4-13-27-45)51(91-71(61)85)40-87-73-63(94-54(77)38-74)60(100-70(84)50-36-22-9-23-37-50)57(97-67(81)47-30-16-6-17-31-47)53(93-73)41-88-72-62(90-43(2)76)59(99-69(83)49-34-20-8-21-35-49)56(96-66(80)46-28-14-5-15-29-46)52(92-72)39-86-64(78)44-24-10-3-11-25-44/h3-37,51-53,55-63,71-73,85H,38-41H2,1-2H3/t51-,52-,53-,55-,56-,57-,58+,59+,60+,61+,62+,63+,71+,72+,73+/m1/s1. The number of hydrogen-bond acceptors (Lipinski definition) is 26. The number of hydrogen-bond donors (Lipinski definition) is 1. The lowest BCUT2D eigenvalue weighted by Crippen LogP contribution is -2.66. The molecule has 10 rings (SSSR count). The van der Waals surface area contributed by atoms with Crippen LogP contribution in [-0.2, 0) is 85.4 Å². The van der Waals surface area contributed by atoms with Gasteiger partial charge in [-0.15, -0.1) is 11.6 Å². The van der Waals surface area contributed by atoms with Gasteiger partial charge >= 0.3 is 59.7 Å². The number of rotatable bonds is 25. The molecule has 27 heteroatoms. The smallest absolute Gasteiger partial charge is 0.338 e. The molecule has 0 amide bonds. The van der Waals surface area contributed by atoms with Crippen molar-refractivity contribution >= 4 is 71.3 Å². The summed E-state index contributed by atoms with van der Waals surface area (Å²) in [6.07, 6.45) is -29.1. The molecule has 520 valence electrons. The molecule has 3 aliphatic heterocycles. The number of carbonyl (C=O) groups is 10. The third-order valence-corrected chi connectivity index (χ3v) is 15.7. The van der Waals surface area contributed by atoms with Crippen LogP contribution in [0.25, 0.3) is 0 Å². The summed E-state index contributed by atoms with van der Waals surface area (Å²) < 4.78 is 92.2. The topological polar surface area (TPSA) is 329 Å². The minimum atomic E-state index is -2.18. The first kappa shape index (κ1) is 72.0. The van der Waals surface area contributed by atoms with Crippen molar-refractivity contribution in [2.45, 2.75) is 106 Å². The molecule has 3 fully saturated rings. The maximum Gasteiger partial charge on any atom is 0.338 e. The molecule has 0 aromatic heterocycles. The van der Waals surface area contributed by atoms with Crippen molar-refractivity contribution in [3.8, 4) is 0 Å². The van der Waals surface area contributed by atoms with Crippen molar-refractivity contribution < 1.29 is 124 Å². The van der Waals surface area contributed by atoms with Gasteiger partial charge in [-0.05, 0) is 84.9 Å². The molecule has 1 N–H and O–H groups in total. The van der Waals surface area contributed by atoms with Gasteiger partial charge < -0.3 is 76.2 Å². The van der Waals surface area contributed by atoms with Crippen molar-refractivity contribution in [1.29, 1.82) is 0 Å². The molecule has 15 atom stereocenters. The van der Waals surface area contributed by atoms with Gasteiger partial charge in [0.05, 0.1) is 52.2 Å². The molecule has 0 radical (unpaired) electrons. The highest BCUT2D eigenvalue weighted by atomic mass is 35.5. The Bertz CT molecular complexity index is 3930. The normalized spacial score (nSPS) is 24.6. The van der Waals surface area contributed by atoms with Crippen LogP contribution in [0.15, 0.2) is 212 Å². The Morgan fingerprint density at radius 3 is 0.860 bits per heavy atom. The van der Waals surface area contributed by atoms with Gasteiger partial charge in [-0.2, -0.15) is 0 Å². The van der Waals surface area contributed by atoms with Gasteiger partial charge in [-0.1, -0.05) is 127 Å². The van der Waals surface area contributed by atoms with Crippen molar-refractivity contribution in [2.24, 2.45) is 0 Å². The Morgan fingerprint density at radius 2 is 0.560 bits per heavy atom. The summed E-state index contributed by atoms with van der Waals surface area (Å²) in [5.41, 5.74) is -0.144. The van der Waals surface area contributed by atoms with Gasteiger partial charge in [0.15, 0.2) is 73.8 Å². The predicted octanol–water partition coefficient (Wildman–Crippen LogP) is 7.41. The summed E-state index contributed by atoms with van der Waals surface area (Å²) in [5, 5.41) is 11.7. The van der Waals surface area contributed by atoms with Crippen LogP contribution in [-0.4, -0.2) is 183 Å². The second kappa shape index (κ2) is 34.7. The number of carbonyl (C=O) groups excluding carboxylic acids is 10. The number of alkyl halides is 1. The van der Waals surface area contributed by atoms with E-state index in [0.29, 0.717) is 0 Å². The van der Waals surface area contributed by atoms with E-state index < -0.39 is 178 Å². The number of aliphatic hydroxyl groups is 1. The molecule has 0 unspecified atom stereocenters. The van der Waals surface area contributed by atoms with Gasteiger partial charge in [-0.25, -0.2) is 33.6 Å². The highest BCUT2D eigenvalue weighted by Crippen LogP contribution is 2.37. The highest BCUT2D eigenvalue weighted by molar-refractivity contribution is 6.26. The average Bonchev–Trinajstić information content (AvgIpc) is 0.780. The molecular formula is C73H65ClO26. The van der Waals surface area contributed by atoms with E-state index in [2.05, 4.69) is 0 Å². The van der Waals surface area contributed by atoms with E-state index in [9.17, 15) is 53.1 Å². The Hall–Kier alpha value is -10.7. The Balaban J connectivity index is 1.07. The third-order valence-electron chi connectivity index (χ3n) is 15.5. The molecule has 3 heterocycles. The molecule has 100 heavy (non-hydrogen) atoms. The van der Waals surface area contributed by atoms with Crippen molar-refractivity contribution in [2.75, 3.05) is 25.7 Å². The van der Waals surface area contributed by atoms with Crippen LogP contribution in [0.4, 0.5) is 0 Å². The summed E-state index contributed by atoms with van der Waals surface area (Å²) in [5.74, 6) is -11.3. The molecular weight excluding hydrogens is 1330 g/mol. The van der Waals surface area contributed by atoms with E-state index in [0.717, 1.165) is 13.8 Å². The minimum Gasteiger partial charge on any atom is -0.459 e. The van der Waals surface area contributed by atoms with E-state index in [4.69, 9.17) is 82.7 Å². The van der Waals surface area contributed by atoms with Crippen molar-refractivity contribution in [3.63, 3.8) is 0 Å². The maximum absolute atomic E-state index is 14.6. The molecule has 26 nitrogen and oxygen atoms in total. The van der Waals surface area contributed by atoms with Gasteiger partial charge in [0.2, 0.25) is 0 Å². The van der Waals surface area contributed by atoms with E-state index in [-0.39, 0.29) is 38.9 Å². The third kappa shape index (κ3) is 18.7.